The molecule has 0 aliphatic heterocycles. The van der Waals surface area contributed by atoms with Crippen LogP contribution in [0.3, 0.4) is 0 Å². The van der Waals surface area contributed by atoms with Crippen molar-refractivity contribution in [2.45, 2.75) is 39.7 Å². The number of hydrogen-bond acceptors (Lipinski definition) is 4. The van der Waals surface area contributed by atoms with Gasteiger partial charge in [-0.2, -0.15) is 5.26 Å². The molecule has 4 heteroatoms. The summed E-state index contributed by atoms with van der Waals surface area (Å²) in [6.07, 6.45) is 1.30. The number of benzene rings is 1. The molecule has 1 unspecified atom stereocenters. The van der Waals surface area contributed by atoms with E-state index in [0.29, 0.717) is 26.1 Å². The van der Waals surface area contributed by atoms with Gasteiger partial charge in [-0.15, -0.1) is 0 Å². The molecular formula is C17H24N2O2. The Balaban J connectivity index is 2.74. The van der Waals surface area contributed by atoms with E-state index in [9.17, 15) is 10.1 Å². The second-order valence-corrected chi connectivity index (χ2v) is 4.81. The molecule has 0 aliphatic carbocycles. The molecule has 1 aromatic carbocycles. The summed E-state index contributed by atoms with van der Waals surface area (Å²) in [5, 5.41) is 9.47. The predicted octanol–water partition coefficient (Wildman–Crippen LogP) is 3.09. The molecule has 0 bridgehead atoms. The molecule has 0 saturated heterocycles. The van der Waals surface area contributed by atoms with Crippen LogP contribution in [0, 0.1) is 11.3 Å². The van der Waals surface area contributed by atoms with Crippen LogP contribution in [-0.2, 0) is 16.0 Å². The fourth-order valence-electron chi connectivity index (χ4n) is 2.24. The molecule has 1 aromatic rings. The van der Waals surface area contributed by atoms with E-state index in [2.05, 4.69) is 25.1 Å². The molecule has 0 heterocycles. The van der Waals surface area contributed by atoms with Gasteiger partial charge in [0.2, 0.25) is 0 Å². The molecule has 0 spiro atoms. The number of carbonyl (C=O) groups is 1. The lowest BCUT2D eigenvalue weighted by Gasteiger charge is -2.25. The fraction of sp³-hybridized carbons (Fsp3) is 0.529. The zero-order valence-corrected chi connectivity index (χ0v) is 13.1. The summed E-state index contributed by atoms with van der Waals surface area (Å²) in [5.74, 6) is -0.214. The summed E-state index contributed by atoms with van der Waals surface area (Å²) < 4.78 is 4.94. The molecule has 21 heavy (non-hydrogen) atoms. The van der Waals surface area contributed by atoms with Crippen molar-refractivity contribution in [2.24, 2.45) is 0 Å². The van der Waals surface area contributed by atoms with Crippen LogP contribution in [0.1, 0.15) is 44.4 Å². The van der Waals surface area contributed by atoms with Crippen molar-refractivity contribution >= 4 is 5.97 Å². The largest absolute Gasteiger partial charge is 0.466 e. The molecular weight excluding hydrogens is 264 g/mol. The maximum absolute atomic E-state index is 11.5. The molecule has 4 nitrogen and oxygen atoms in total. The van der Waals surface area contributed by atoms with E-state index in [-0.39, 0.29) is 12.0 Å². The Kier molecular flexibility index (Phi) is 7.49. The molecule has 0 aromatic heterocycles. The van der Waals surface area contributed by atoms with Crippen molar-refractivity contribution in [2.75, 3.05) is 19.7 Å². The lowest BCUT2D eigenvalue weighted by Crippen LogP contribution is -2.30. The number of nitrogens with zero attached hydrogens (tertiary/aromatic N) is 2. The van der Waals surface area contributed by atoms with E-state index in [0.717, 1.165) is 12.0 Å². The summed E-state index contributed by atoms with van der Waals surface area (Å²) in [5.41, 5.74) is 2.23. The van der Waals surface area contributed by atoms with Crippen LogP contribution in [-0.4, -0.2) is 30.6 Å². The third-order valence-corrected chi connectivity index (χ3v) is 3.51. The summed E-state index contributed by atoms with van der Waals surface area (Å²) in [7, 11) is 0. The van der Waals surface area contributed by atoms with Gasteiger partial charge in [0.05, 0.1) is 19.1 Å². The first kappa shape index (κ1) is 17.2. The van der Waals surface area contributed by atoms with Gasteiger partial charge in [-0.3, -0.25) is 9.69 Å². The second-order valence-electron chi connectivity index (χ2n) is 4.81. The van der Waals surface area contributed by atoms with Gasteiger partial charge >= 0.3 is 5.97 Å². The Morgan fingerprint density at radius 2 is 1.95 bits per heavy atom. The summed E-state index contributed by atoms with van der Waals surface area (Å²) in [6.45, 7) is 7.54. The summed E-state index contributed by atoms with van der Waals surface area (Å²) in [6, 6.07) is 10.1. The molecule has 0 N–H and O–H groups in total. The summed E-state index contributed by atoms with van der Waals surface area (Å²) in [4.78, 5) is 13.5. The van der Waals surface area contributed by atoms with E-state index in [1.165, 1.54) is 5.56 Å². The lowest BCUT2D eigenvalue weighted by molar-refractivity contribution is -0.143. The highest BCUT2D eigenvalue weighted by Crippen LogP contribution is 2.21. The quantitative estimate of drug-likeness (QED) is 0.690. The molecule has 1 rings (SSSR count). The van der Waals surface area contributed by atoms with Crippen molar-refractivity contribution < 1.29 is 9.53 Å². The molecule has 0 fully saturated rings. The van der Waals surface area contributed by atoms with Crippen LogP contribution in [0.2, 0.25) is 0 Å². The minimum Gasteiger partial charge on any atom is -0.466 e. The molecule has 0 radical (unpaired) electrons. The maximum Gasteiger partial charge on any atom is 0.307 e. The topological polar surface area (TPSA) is 53.3 Å². The molecule has 114 valence electrons. The van der Waals surface area contributed by atoms with Crippen molar-refractivity contribution in [1.82, 2.24) is 4.90 Å². The first-order valence-electron chi connectivity index (χ1n) is 7.54. The monoisotopic (exact) mass is 288 g/mol. The summed E-state index contributed by atoms with van der Waals surface area (Å²) >= 11 is 0. The van der Waals surface area contributed by atoms with Crippen LogP contribution >= 0.6 is 0 Å². The standard InChI is InChI=1S/C17H24N2O2/c1-4-14-7-9-15(10-8-14)16(13-18)19(5-2)12-11-17(20)21-6-3/h7-10,16H,4-6,11-12H2,1-3H3. The van der Waals surface area contributed by atoms with Gasteiger partial charge in [0.15, 0.2) is 0 Å². The Bertz CT molecular complexity index is 477. The number of ether oxygens (including phenoxy) is 1. The van der Waals surface area contributed by atoms with E-state index < -0.39 is 0 Å². The predicted molar refractivity (Wildman–Crippen MR) is 82.7 cm³/mol. The Hall–Kier alpha value is -1.86. The van der Waals surface area contributed by atoms with Crippen LogP contribution in [0.25, 0.3) is 0 Å². The first-order chi connectivity index (χ1) is 10.2. The SMILES string of the molecule is CCOC(=O)CCN(CC)C(C#N)c1ccc(CC)cc1. The van der Waals surface area contributed by atoms with Crippen LogP contribution in [0.5, 0.6) is 0 Å². The third kappa shape index (κ3) is 5.20. The van der Waals surface area contributed by atoms with Gasteiger partial charge in [0.1, 0.15) is 6.04 Å². The van der Waals surface area contributed by atoms with E-state index in [1.54, 1.807) is 6.92 Å². The van der Waals surface area contributed by atoms with Crippen molar-refractivity contribution in [3.05, 3.63) is 35.4 Å². The highest BCUT2D eigenvalue weighted by molar-refractivity contribution is 5.69. The maximum atomic E-state index is 11.5. The Morgan fingerprint density at radius 1 is 1.29 bits per heavy atom. The van der Waals surface area contributed by atoms with Crippen molar-refractivity contribution in [1.29, 1.82) is 5.26 Å². The number of aryl methyl sites for hydroxylation is 1. The number of carbonyl (C=O) groups excluding carboxylic acids is 1. The normalized spacial score (nSPS) is 12.0. The van der Waals surface area contributed by atoms with Crippen LogP contribution in [0.4, 0.5) is 0 Å². The minimum atomic E-state index is -0.324. The van der Waals surface area contributed by atoms with Gasteiger partial charge in [-0.25, -0.2) is 0 Å². The first-order valence-corrected chi connectivity index (χ1v) is 7.54. The van der Waals surface area contributed by atoms with Gasteiger partial charge in [0, 0.05) is 6.54 Å². The van der Waals surface area contributed by atoms with Crippen LogP contribution < -0.4 is 0 Å². The number of esters is 1. The highest BCUT2D eigenvalue weighted by Gasteiger charge is 2.19. The minimum absolute atomic E-state index is 0.214. The van der Waals surface area contributed by atoms with Crippen molar-refractivity contribution in [3.8, 4) is 6.07 Å². The number of rotatable bonds is 8. The zero-order valence-electron chi connectivity index (χ0n) is 13.1. The van der Waals surface area contributed by atoms with Gasteiger partial charge in [0.25, 0.3) is 0 Å². The molecule has 1 atom stereocenters. The zero-order chi connectivity index (χ0) is 15.7. The lowest BCUT2D eigenvalue weighted by atomic mass is 10.0. The Morgan fingerprint density at radius 3 is 2.43 bits per heavy atom. The van der Waals surface area contributed by atoms with Gasteiger partial charge < -0.3 is 4.74 Å². The average molecular weight is 288 g/mol. The van der Waals surface area contributed by atoms with Gasteiger partial charge in [-0.05, 0) is 31.0 Å². The molecule has 0 aliphatic rings. The third-order valence-electron chi connectivity index (χ3n) is 3.51. The van der Waals surface area contributed by atoms with Crippen molar-refractivity contribution in [3.63, 3.8) is 0 Å². The van der Waals surface area contributed by atoms with E-state index >= 15 is 0 Å². The highest BCUT2D eigenvalue weighted by atomic mass is 16.5. The number of nitriles is 1. The van der Waals surface area contributed by atoms with Crippen LogP contribution in [0.15, 0.2) is 24.3 Å². The smallest absolute Gasteiger partial charge is 0.307 e. The van der Waals surface area contributed by atoms with E-state index in [4.69, 9.17) is 4.74 Å². The second kappa shape index (κ2) is 9.15. The van der Waals surface area contributed by atoms with E-state index in [1.807, 2.05) is 24.0 Å². The average Bonchev–Trinajstić information content (AvgIpc) is 2.52. The Labute approximate surface area is 127 Å². The molecule has 0 saturated carbocycles. The fourth-order valence-corrected chi connectivity index (χ4v) is 2.24. The molecule has 0 amide bonds. The van der Waals surface area contributed by atoms with Gasteiger partial charge in [-0.1, -0.05) is 38.1 Å². The number of hydrogen-bond donors (Lipinski definition) is 0.